The highest BCUT2D eigenvalue weighted by Crippen LogP contribution is 2.26. The SMILES string of the molecule is CSc1ccc(N2CC(CNC(=O)Nc3ccc(Cl)cc3)CC2=O)cc1. The molecule has 2 N–H and O–H groups in total. The Labute approximate surface area is 162 Å². The molecule has 1 fully saturated rings. The minimum absolute atomic E-state index is 0.0896. The number of nitrogens with one attached hydrogen (secondary N) is 2. The van der Waals surface area contributed by atoms with Crippen LogP contribution < -0.4 is 15.5 Å². The van der Waals surface area contributed by atoms with Crippen LogP contribution >= 0.6 is 23.4 Å². The van der Waals surface area contributed by atoms with Gasteiger partial charge in [0, 0.05) is 46.7 Å². The van der Waals surface area contributed by atoms with Crippen LogP contribution in [0, 0.1) is 5.92 Å². The van der Waals surface area contributed by atoms with Gasteiger partial charge in [-0.1, -0.05) is 11.6 Å². The number of benzene rings is 2. The molecule has 0 saturated carbocycles. The van der Waals surface area contributed by atoms with Gasteiger partial charge in [0.25, 0.3) is 0 Å². The van der Waals surface area contributed by atoms with Gasteiger partial charge in [0.2, 0.25) is 5.91 Å². The van der Waals surface area contributed by atoms with Gasteiger partial charge in [0.1, 0.15) is 0 Å². The molecule has 3 amide bonds. The Morgan fingerprint density at radius 1 is 1.19 bits per heavy atom. The summed E-state index contributed by atoms with van der Waals surface area (Å²) < 4.78 is 0. The van der Waals surface area contributed by atoms with Gasteiger partial charge >= 0.3 is 6.03 Å². The summed E-state index contributed by atoms with van der Waals surface area (Å²) in [6.07, 6.45) is 2.46. The number of carbonyl (C=O) groups excluding carboxylic acids is 2. The third-order valence-corrected chi connectivity index (χ3v) is 5.24. The number of carbonyl (C=O) groups is 2. The molecular weight excluding hydrogens is 370 g/mol. The molecule has 0 radical (unpaired) electrons. The minimum Gasteiger partial charge on any atom is -0.338 e. The molecule has 1 unspecified atom stereocenters. The summed E-state index contributed by atoms with van der Waals surface area (Å²) in [6, 6.07) is 14.6. The standard InChI is InChI=1S/C19H20ClN3O2S/c1-26-17-8-6-16(7-9-17)23-12-13(10-18(23)24)11-21-19(25)22-15-4-2-14(20)3-5-15/h2-9,13H,10-12H2,1H3,(H2,21,22,25). The normalized spacial score (nSPS) is 16.6. The number of hydrogen-bond acceptors (Lipinski definition) is 3. The number of rotatable bonds is 5. The maximum Gasteiger partial charge on any atom is 0.319 e. The van der Waals surface area contributed by atoms with Crippen molar-refractivity contribution in [2.24, 2.45) is 5.92 Å². The summed E-state index contributed by atoms with van der Waals surface area (Å²) in [6.45, 7) is 1.06. The number of urea groups is 1. The minimum atomic E-state index is -0.289. The van der Waals surface area contributed by atoms with Crippen LogP contribution in [0.1, 0.15) is 6.42 Å². The van der Waals surface area contributed by atoms with Gasteiger partial charge < -0.3 is 15.5 Å². The number of amides is 3. The van der Waals surface area contributed by atoms with Crippen molar-refractivity contribution in [2.45, 2.75) is 11.3 Å². The Morgan fingerprint density at radius 3 is 2.54 bits per heavy atom. The van der Waals surface area contributed by atoms with Crippen molar-refractivity contribution in [1.82, 2.24) is 5.32 Å². The van der Waals surface area contributed by atoms with Gasteiger partial charge in [-0.2, -0.15) is 0 Å². The molecule has 136 valence electrons. The molecule has 0 spiro atoms. The molecule has 1 saturated heterocycles. The van der Waals surface area contributed by atoms with Crippen LogP contribution in [0.25, 0.3) is 0 Å². The molecule has 1 aliphatic heterocycles. The molecular formula is C19H20ClN3O2S. The van der Waals surface area contributed by atoms with Crippen molar-refractivity contribution in [3.8, 4) is 0 Å². The molecule has 1 aliphatic rings. The second-order valence-electron chi connectivity index (χ2n) is 6.11. The number of anilines is 2. The topological polar surface area (TPSA) is 61.4 Å². The summed E-state index contributed by atoms with van der Waals surface area (Å²) in [5.74, 6) is 0.186. The quantitative estimate of drug-likeness (QED) is 0.752. The summed E-state index contributed by atoms with van der Waals surface area (Å²) >= 11 is 7.49. The van der Waals surface area contributed by atoms with E-state index in [4.69, 9.17) is 11.6 Å². The average Bonchev–Trinajstić information content (AvgIpc) is 3.03. The first kappa shape index (κ1) is 18.6. The zero-order valence-electron chi connectivity index (χ0n) is 14.4. The van der Waals surface area contributed by atoms with Gasteiger partial charge in [-0.05, 0) is 54.8 Å². The summed E-state index contributed by atoms with van der Waals surface area (Å²) in [4.78, 5) is 27.2. The van der Waals surface area contributed by atoms with Crippen LogP contribution in [-0.4, -0.2) is 31.3 Å². The summed E-state index contributed by atoms with van der Waals surface area (Å²) in [7, 11) is 0. The predicted molar refractivity (Wildman–Crippen MR) is 107 cm³/mol. The van der Waals surface area contributed by atoms with Crippen molar-refractivity contribution in [3.05, 3.63) is 53.6 Å². The fourth-order valence-electron chi connectivity index (χ4n) is 2.88. The van der Waals surface area contributed by atoms with Crippen molar-refractivity contribution >= 4 is 46.7 Å². The van der Waals surface area contributed by atoms with E-state index in [1.54, 1.807) is 40.9 Å². The second kappa shape index (κ2) is 8.47. The molecule has 0 bridgehead atoms. The van der Waals surface area contributed by atoms with Crippen LogP contribution in [0.5, 0.6) is 0 Å². The van der Waals surface area contributed by atoms with Crippen LogP contribution in [-0.2, 0) is 4.79 Å². The molecule has 5 nitrogen and oxygen atoms in total. The Bertz CT molecular complexity index is 780. The lowest BCUT2D eigenvalue weighted by Crippen LogP contribution is -2.34. The largest absolute Gasteiger partial charge is 0.338 e. The highest BCUT2D eigenvalue weighted by molar-refractivity contribution is 7.98. The molecule has 0 aromatic heterocycles. The first-order valence-corrected chi connectivity index (χ1v) is 9.90. The zero-order chi connectivity index (χ0) is 18.5. The Hall–Kier alpha value is -2.18. The third kappa shape index (κ3) is 4.71. The average molecular weight is 390 g/mol. The van der Waals surface area contributed by atoms with Crippen LogP contribution in [0.3, 0.4) is 0 Å². The molecule has 2 aromatic carbocycles. The number of halogens is 1. The van der Waals surface area contributed by atoms with Crippen molar-refractivity contribution in [2.75, 3.05) is 29.6 Å². The monoisotopic (exact) mass is 389 g/mol. The summed E-state index contributed by atoms with van der Waals surface area (Å²) in [5.41, 5.74) is 1.57. The van der Waals surface area contributed by atoms with Gasteiger partial charge in [0.15, 0.2) is 0 Å². The number of hydrogen-bond donors (Lipinski definition) is 2. The van der Waals surface area contributed by atoms with E-state index in [0.29, 0.717) is 30.2 Å². The Kier molecular flexibility index (Phi) is 6.06. The number of nitrogens with zero attached hydrogens (tertiary/aromatic N) is 1. The van der Waals surface area contributed by atoms with Gasteiger partial charge in [-0.25, -0.2) is 4.79 Å². The van der Waals surface area contributed by atoms with E-state index >= 15 is 0 Å². The number of thioether (sulfide) groups is 1. The van der Waals surface area contributed by atoms with E-state index in [9.17, 15) is 9.59 Å². The maximum absolute atomic E-state index is 12.3. The van der Waals surface area contributed by atoms with Gasteiger partial charge in [-0.3, -0.25) is 4.79 Å². The Morgan fingerprint density at radius 2 is 1.88 bits per heavy atom. The van der Waals surface area contributed by atoms with Crippen molar-refractivity contribution in [1.29, 1.82) is 0 Å². The predicted octanol–water partition coefficient (Wildman–Crippen LogP) is 4.24. The lowest BCUT2D eigenvalue weighted by atomic mass is 10.1. The molecule has 0 aliphatic carbocycles. The Balaban J connectivity index is 1.50. The summed E-state index contributed by atoms with van der Waals surface area (Å²) in [5, 5.41) is 6.20. The van der Waals surface area contributed by atoms with Crippen LogP contribution in [0.2, 0.25) is 5.02 Å². The first-order valence-electron chi connectivity index (χ1n) is 8.30. The van der Waals surface area contributed by atoms with E-state index < -0.39 is 0 Å². The van der Waals surface area contributed by atoms with E-state index in [-0.39, 0.29) is 17.9 Å². The smallest absolute Gasteiger partial charge is 0.319 e. The van der Waals surface area contributed by atoms with Gasteiger partial charge in [0.05, 0.1) is 0 Å². The molecule has 7 heteroatoms. The van der Waals surface area contributed by atoms with E-state index in [0.717, 1.165) is 10.6 Å². The molecule has 1 atom stereocenters. The lowest BCUT2D eigenvalue weighted by Gasteiger charge is -2.17. The first-order chi connectivity index (χ1) is 12.5. The van der Waals surface area contributed by atoms with Crippen LogP contribution in [0.4, 0.5) is 16.2 Å². The van der Waals surface area contributed by atoms with E-state index in [1.165, 1.54) is 0 Å². The molecule has 2 aromatic rings. The highest BCUT2D eigenvalue weighted by atomic mass is 35.5. The fourth-order valence-corrected chi connectivity index (χ4v) is 3.41. The fraction of sp³-hybridized carbons (Fsp3) is 0.263. The lowest BCUT2D eigenvalue weighted by molar-refractivity contribution is -0.117. The molecule has 26 heavy (non-hydrogen) atoms. The van der Waals surface area contributed by atoms with E-state index in [2.05, 4.69) is 10.6 Å². The van der Waals surface area contributed by atoms with Crippen LogP contribution in [0.15, 0.2) is 53.4 Å². The third-order valence-electron chi connectivity index (χ3n) is 4.24. The molecule has 3 rings (SSSR count). The van der Waals surface area contributed by atoms with Crippen molar-refractivity contribution in [3.63, 3.8) is 0 Å². The highest BCUT2D eigenvalue weighted by Gasteiger charge is 2.30. The second-order valence-corrected chi connectivity index (χ2v) is 7.43. The van der Waals surface area contributed by atoms with Crippen molar-refractivity contribution < 1.29 is 9.59 Å². The van der Waals surface area contributed by atoms with E-state index in [1.807, 2.05) is 30.5 Å². The maximum atomic E-state index is 12.3. The van der Waals surface area contributed by atoms with Gasteiger partial charge in [-0.15, -0.1) is 11.8 Å². The zero-order valence-corrected chi connectivity index (χ0v) is 15.9. The molecule has 1 heterocycles.